The molecule has 0 aliphatic rings. The smallest absolute Gasteiger partial charge is 0.326 e. The average molecular weight is 1460 g/mol. The quantitative estimate of drug-likeness (QED) is 0.0276. The number of carbonyl (C=O) groups is 15. The lowest BCUT2D eigenvalue weighted by Gasteiger charge is -2.29. The summed E-state index contributed by atoms with van der Waals surface area (Å²) in [5.74, 6) is -18.0. The van der Waals surface area contributed by atoms with Gasteiger partial charge in [0, 0.05) is 25.7 Å². The highest BCUT2D eigenvalue weighted by Gasteiger charge is 2.39. The number of aliphatic carboxylic acids is 3. The predicted molar refractivity (Wildman–Crippen MR) is 367 cm³/mol. The van der Waals surface area contributed by atoms with E-state index in [-0.39, 0.29) is 68.9 Å². The number of carboxylic acid groups (broad SMARTS) is 3. The molecule has 568 valence electrons. The molecule has 0 radical (unpaired) electrons. The van der Waals surface area contributed by atoms with Crippen molar-refractivity contribution in [1.82, 2.24) is 58.5 Å². The van der Waals surface area contributed by atoms with Gasteiger partial charge in [-0.25, -0.2) is 4.79 Å². The molecule has 37 heteroatoms. The molecule has 0 aromatic heterocycles. The summed E-state index contributed by atoms with van der Waals surface area (Å²) in [7, 11) is 0. The highest BCUT2D eigenvalue weighted by Crippen LogP contribution is 2.16. The summed E-state index contributed by atoms with van der Waals surface area (Å²) in [5, 5.41) is 96.1. The minimum Gasteiger partial charge on any atom is -0.508 e. The van der Waals surface area contributed by atoms with Gasteiger partial charge in [-0.2, -0.15) is 11.8 Å². The number of phenols is 1. The normalized spacial score (nSPS) is 15.3. The molecule has 0 saturated carbocycles. The minimum absolute atomic E-state index is 0.0867. The summed E-state index contributed by atoms with van der Waals surface area (Å²) in [4.78, 5) is 201. The number of carbonyl (C=O) groups excluding carboxylic acids is 12. The number of primary amides is 1. The van der Waals surface area contributed by atoms with Crippen molar-refractivity contribution in [3.05, 3.63) is 65.7 Å². The van der Waals surface area contributed by atoms with Gasteiger partial charge in [-0.05, 0) is 106 Å². The van der Waals surface area contributed by atoms with Gasteiger partial charge in [-0.15, -0.1) is 0 Å². The first kappa shape index (κ1) is 88.5. The Kier molecular flexibility index (Phi) is 40.0. The molecule has 0 fully saturated rings. The fourth-order valence-electron chi connectivity index (χ4n) is 9.91. The Hall–Kier alpha value is -9.56. The van der Waals surface area contributed by atoms with Crippen LogP contribution in [-0.4, -0.2) is 235 Å². The van der Waals surface area contributed by atoms with Crippen LogP contribution >= 0.6 is 11.8 Å². The van der Waals surface area contributed by atoms with Crippen molar-refractivity contribution in [2.24, 2.45) is 29.0 Å². The monoisotopic (exact) mass is 1460 g/mol. The van der Waals surface area contributed by atoms with E-state index in [1.54, 1.807) is 64.3 Å². The van der Waals surface area contributed by atoms with Gasteiger partial charge < -0.3 is 111 Å². The number of unbranched alkanes of at least 4 members (excludes halogenated alkanes) is 1. The summed E-state index contributed by atoms with van der Waals surface area (Å²) in [5.41, 5.74) is 17.8. The number of nitrogens with one attached hydrogen (secondary N) is 11. The van der Waals surface area contributed by atoms with E-state index < -0.39 is 219 Å². The Morgan fingerprint density at radius 1 is 0.471 bits per heavy atom. The second kappa shape index (κ2) is 46.1. The number of amides is 12. The second-order valence-electron chi connectivity index (χ2n) is 24.8. The molecule has 0 bridgehead atoms. The standard InChI is InChI=1S/C65H100N14O22S/c1-7-34(4)52(78-54(89)39(67)30-51(87)88)63(98)77-48(32-81)62(97)79-53(35(5)82)64(99)71-40(15-11-12-25-66)55(90)74-46(29-37-16-18-38(83)19-17-37)60(95)75-45(28-36-13-9-8-10-14-36)59(94)69-41(20-22-49(68)84)56(91)70-42(24-26-102-6)57(92)76-47(31-80)61(96)73-44(27-33(2)3)58(93)72-43(65(100)101)21-23-50(85)86/h8-10,13-14,16-19,33-35,39-48,52-53,80-83H,7,11-12,15,20-32,66-67H2,1-6H3,(H2,68,84)(H,69,94)(H,70,91)(H,71,99)(H,72,93)(H,73,96)(H,74,90)(H,75,95)(H,76,92)(H,77,98)(H,78,89)(H,79,97)(H,85,86)(H,87,88)(H,100,101)/t34-,35+,39-,40-,41-,42-,43-,44-,45-,46-,47-,48-,52-,53-/m0/s1. The van der Waals surface area contributed by atoms with Gasteiger partial charge in [-0.1, -0.05) is 76.6 Å². The molecular formula is C65H100N14O22S. The average Bonchev–Trinajstić information content (AvgIpc) is 0.850. The maximum Gasteiger partial charge on any atom is 0.326 e. The summed E-state index contributed by atoms with van der Waals surface area (Å²) in [6.45, 7) is 5.62. The maximum absolute atomic E-state index is 14.9. The number of carboxylic acids is 3. The van der Waals surface area contributed by atoms with Crippen LogP contribution in [0.15, 0.2) is 54.6 Å². The Morgan fingerprint density at radius 2 is 0.882 bits per heavy atom. The van der Waals surface area contributed by atoms with Crippen LogP contribution in [0.25, 0.3) is 0 Å². The molecule has 0 saturated heterocycles. The number of aliphatic hydroxyl groups excluding tert-OH is 3. The summed E-state index contributed by atoms with van der Waals surface area (Å²) in [6.07, 6.45) is -3.35. The molecule has 0 aliphatic carbocycles. The van der Waals surface area contributed by atoms with Crippen molar-refractivity contribution < 1.29 is 108 Å². The molecule has 36 nitrogen and oxygen atoms in total. The van der Waals surface area contributed by atoms with Gasteiger partial charge in [0.1, 0.15) is 72.2 Å². The first-order chi connectivity index (χ1) is 48.1. The number of phenolic OH excluding ortho intramolecular Hbond substituents is 1. The Balaban J connectivity index is 2.60. The van der Waals surface area contributed by atoms with E-state index in [0.717, 1.165) is 6.92 Å². The molecular weight excluding hydrogens is 1360 g/mol. The minimum atomic E-state index is -1.91. The molecule has 24 N–H and O–H groups in total. The lowest BCUT2D eigenvalue weighted by Crippen LogP contribution is -2.63. The number of hydrogen-bond donors (Lipinski definition) is 21. The zero-order chi connectivity index (χ0) is 76.9. The number of rotatable bonds is 49. The van der Waals surface area contributed by atoms with Crippen LogP contribution in [0.3, 0.4) is 0 Å². The number of benzene rings is 2. The van der Waals surface area contributed by atoms with E-state index in [1.807, 2.05) is 0 Å². The van der Waals surface area contributed by atoms with Gasteiger partial charge in [0.05, 0.1) is 31.8 Å². The molecule has 2 aromatic rings. The molecule has 0 heterocycles. The van der Waals surface area contributed by atoms with Crippen LogP contribution in [0.5, 0.6) is 5.75 Å². The third kappa shape index (κ3) is 32.4. The Bertz CT molecular complexity index is 3150. The van der Waals surface area contributed by atoms with E-state index in [1.165, 1.54) is 36.0 Å². The second-order valence-corrected chi connectivity index (χ2v) is 25.7. The van der Waals surface area contributed by atoms with E-state index in [2.05, 4.69) is 58.5 Å². The fourth-order valence-corrected chi connectivity index (χ4v) is 10.4. The molecule has 0 aliphatic heterocycles. The number of thioether (sulfide) groups is 1. The van der Waals surface area contributed by atoms with Crippen molar-refractivity contribution in [3.8, 4) is 5.75 Å². The van der Waals surface area contributed by atoms with E-state index in [0.29, 0.717) is 17.5 Å². The molecule has 2 aromatic carbocycles. The van der Waals surface area contributed by atoms with Gasteiger partial charge in [0.25, 0.3) is 0 Å². The van der Waals surface area contributed by atoms with E-state index >= 15 is 0 Å². The summed E-state index contributed by atoms with van der Waals surface area (Å²) >= 11 is 1.23. The third-order valence-electron chi connectivity index (χ3n) is 15.9. The summed E-state index contributed by atoms with van der Waals surface area (Å²) < 4.78 is 0. The van der Waals surface area contributed by atoms with E-state index in [9.17, 15) is 97.5 Å². The largest absolute Gasteiger partial charge is 0.508 e. The predicted octanol–water partition coefficient (Wildman–Crippen LogP) is -5.13. The van der Waals surface area contributed by atoms with Crippen molar-refractivity contribution in [2.75, 3.05) is 31.8 Å². The van der Waals surface area contributed by atoms with Crippen molar-refractivity contribution in [2.45, 2.75) is 197 Å². The van der Waals surface area contributed by atoms with Gasteiger partial charge in [0.2, 0.25) is 70.9 Å². The van der Waals surface area contributed by atoms with Crippen molar-refractivity contribution in [3.63, 3.8) is 0 Å². The number of aliphatic hydroxyl groups is 3. The van der Waals surface area contributed by atoms with Crippen molar-refractivity contribution in [1.29, 1.82) is 0 Å². The van der Waals surface area contributed by atoms with Crippen LogP contribution in [0, 0.1) is 11.8 Å². The highest BCUT2D eigenvalue weighted by atomic mass is 32.2. The third-order valence-corrected chi connectivity index (χ3v) is 16.5. The molecule has 14 atom stereocenters. The molecule has 102 heavy (non-hydrogen) atoms. The van der Waals surface area contributed by atoms with Gasteiger partial charge in [-0.3, -0.25) is 67.1 Å². The van der Waals surface area contributed by atoms with Crippen LogP contribution < -0.4 is 75.7 Å². The SMILES string of the molecule is CC[C@H](C)[C@H](NC(=O)[C@@H](N)CC(=O)O)C(=O)N[C@@H](CO)C(=O)N[C@H](C(=O)N[C@@H](CCCCN)C(=O)N[C@@H](Cc1ccc(O)cc1)C(=O)N[C@@H](Cc1ccccc1)C(=O)N[C@@H](CCC(N)=O)C(=O)N[C@@H](CCSC)C(=O)N[C@@H](CO)C(=O)N[C@@H](CC(C)C)C(=O)N[C@@H](CCC(=O)O)C(=O)O)[C@@H](C)O. The van der Waals surface area contributed by atoms with E-state index in [4.69, 9.17) is 27.4 Å². The maximum atomic E-state index is 14.9. The van der Waals surface area contributed by atoms with Crippen molar-refractivity contribution >= 4 is 101 Å². The first-order valence-corrected chi connectivity index (χ1v) is 34.4. The van der Waals surface area contributed by atoms with Gasteiger partial charge >= 0.3 is 17.9 Å². The Labute approximate surface area is 593 Å². The van der Waals surface area contributed by atoms with Crippen LogP contribution in [0.2, 0.25) is 0 Å². The van der Waals surface area contributed by atoms with Crippen LogP contribution in [0.4, 0.5) is 0 Å². The first-order valence-electron chi connectivity index (χ1n) is 33.0. The lowest BCUT2D eigenvalue weighted by atomic mass is 9.97. The topological polar surface area (TPSA) is 608 Å². The molecule has 0 unspecified atom stereocenters. The molecule has 2 rings (SSSR count). The van der Waals surface area contributed by atoms with Crippen LogP contribution in [-0.2, 0) is 84.8 Å². The van der Waals surface area contributed by atoms with Crippen LogP contribution in [0.1, 0.15) is 116 Å². The fraction of sp³-hybridized carbons (Fsp3) is 0.585. The molecule has 12 amide bonds. The zero-order valence-electron chi connectivity index (χ0n) is 57.8. The Morgan fingerprint density at radius 3 is 1.35 bits per heavy atom. The number of aromatic hydroxyl groups is 1. The summed E-state index contributed by atoms with van der Waals surface area (Å²) in [6, 6.07) is -6.28. The number of hydrogen-bond acceptors (Lipinski definition) is 22. The highest BCUT2D eigenvalue weighted by molar-refractivity contribution is 7.98. The lowest BCUT2D eigenvalue weighted by molar-refractivity contribution is -0.143. The number of nitrogens with two attached hydrogens (primary N) is 3. The zero-order valence-corrected chi connectivity index (χ0v) is 58.6. The van der Waals surface area contributed by atoms with Gasteiger partial charge in [0.15, 0.2) is 0 Å². The molecule has 0 spiro atoms.